The van der Waals surface area contributed by atoms with Crippen molar-refractivity contribution in [2.45, 2.75) is 26.2 Å². The van der Waals surface area contributed by atoms with E-state index in [4.69, 9.17) is 0 Å². The van der Waals surface area contributed by atoms with Gasteiger partial charge in [-0.25, -0.2) is 8.42 Å². The molecule has 5 heteroatoms. The Labute approximate surface area is 96.5 Å². The zero-order valence-corrected chi connectivity index (χ0v) is 10.7. The van der Waals surface area contributed by atoms with Gasteiger partial charge in [0.05, 0.1) is 11.9 Å². The molecule has 0 aliphatic heterocycles. The van der Waals surface area contributed by atoms with Gasteiger partial charge in [-0.05, 0) is 23.1 Å². The van der Waals surface area contributed by atoms with E-state index in [-0.39, 0.29) is 5.41 Å². The first-order valence-electron chi connectivity index (χ1n) is 4.92. The van der Waals surface area contributed by atoms with Crippen LogP contribution in [0, 0.1) is 0 Å². The molecule has 0 N–H and O–H groups in total. The molecule has 0 amide bonds. The van der Waals surface area contributed by atoms with Crippen molar-refractivity contribution in [1.29, 1.82) is 0 Å². The summed E-state index contributed by atoms with van der Waals surface area (Å²) in [6, 6.07) is 7.37. The highest BCUT2D eigenvalue weighted by molar-refractivity contribution is 7.89. The Kier molecular flexibility index (Phi) is 3.48. The molecule has 0 fully saturated rings. The Morgan fingerprint density at radius 1 is 1.06 bits per heavy atom. The molecule has 1 aromatic rings. The summed E-state index contributed by atoms with van der Waals surface area (Å²) in [7, 11) is -3.40. The third-order valence-electron chi connectivity index (χ3n) is 2.04. The Balaban J connectivity index is 2.93. The molecular formula is C11H16N2O2S. The summed E-state index contributed by atoms with van der Waals surface area (Å²) < 4.78 is 24.8. The van der Waals surface area contributed by atoms with Gasteiger partial charge in [-0.15, -0.1) is 5.11 Å². The average Bonchev–Trinajstić information content (AvgIpc) is 2.13. The minimum absolute atomic E-state index is 0.0759. The van der Waals surface area contributed by atoms with Crippen molar-refractivity contribution in [2.24, 2.45) is 9.63 Å². The molecule has 0 radical (unpaired) electrons. The van der Waals surface area contributed by atoms with Crippen LogP contribution in [0.5, 0.6) is 0 Å². The van der Waals surface area contributed by atoms with Crippen LogP contribution in [0.25, 0.3) is 0 Å². The molecule has 0 saturated carbocycles. The van der Waals surface area contributed by atoms with E-state index < -0.39 is 10.0 Å². The lowest BCUT2D eigenvalue weighted by Crippen LogP contribution is -2.10. The summed E-state index contributed by atoms with van der Waals surface area (Å²) in [5.41, 5.74) is 1.79. The van der Waals surface area contributed by atoms with Crippen LogP contribution in [0.15, 0.2) is 33.9 Å². The lowest BCUT2D eigenvalue weighted by molar-refractivity contribution is 0.590. The van der Waals surface area contributed by atoms with Crippen molar-refractivity contribution in [3.05, 3.63) is 29.8 Å². The van der Waals surface area contributed by atoms with Crippen LogP contribution < -0.4 is 0 Å². The van der Waals surface area contributed by atoms with Crippen molar-refractivity contribution in [2.75, 3.05) is 6.26 Å². The number of sulfonamides is 1. The van der Waals surface area contributed by atoms with Crippen molar-refractivity contribution in [1.82, 2.24) is 0 Å². The second kappa shape index (κ2) is 4.33. The van der Waals surface area contributed by atoms with E-state index in [0.717, 1.165) is 6.26 Å². The number of nitrogens with zero attached hydrogens (tertiary/aromatic N) is 2. The van der Waals surface area contributed by atoms with Gasteiger partial charge < -0.3 is 0 Å². The fourth-order valence-corrected chi connectivity index (χ4v) is 1.39. The zero-order valence-electron chi connectivity index (χ0n) is 9.93. The van der Waals surface area contributed by atoms with E-state index in [2.05, 4.69) is 30.4 Å². The van der Waals surface area contributed by atoms with E-state index in [1.54, 1.807) is 12.1 Å². The largest absolute Gasteiger partial charge is 0.267 e. The molecule has 0 aliphatic carbocycles. The number of benzene rings is 1. The van der Waals surface area contributed by atoms with Gasteiger partial charge in [-0.2, -0.15) is 0 Å². The highest BCUT2D eigenvalue weighted by atomic mass is 32.2. The minimum Gasteiger partial charge on any atom is -0.203 e. The van der Waals surface area contributed by atoms with E-state index >= 15 is 0 Å². The lowest BCUT2D eigenvalue weighted by atomic mass is 9.87. The van der Waals surface area contributed by atoms with Crippen molar-refractivity contribution in [3.8, 4) is 0 Å². The van der Waals surface area contributed by atoms with Crippen LogP contribution in [0.4, 0.5) is 5.69 Å². The summed E-state index contributed by atoms with van der Waals surface area (Å²) >= 11 is 0. The normalized spacial score (nSPS) is 13.2. The fraction of sp³-hybridized carbons (Fsp3) is 0.455. The molecule has 88 valence electrons. The Morgan fingerprint density at radius 3 is 1.94 bits per heavy atom. The summed E-state index contributed by atoms with van der Waals surface area (Å²) in [5.74, 6) is 0. The molecule has 0 unspecified atom stereocenters. The predicted molar refractivity (Wildman–Crippen MR) is 64.5 cm³/mol. The van der Waals surface area contributed by atoms with Crippen molar-refractivity contribution >= 4 is 15.7 Å². The molecule has 0 spiro atoms. The minimum atomic E-state index is -3.40. The lowest BCUT2D eigenvalue weighted by Gasteiger charge is -2.18. The van der Waals surface area contributed by atoms with Gasteiger partial charge >= 0.3 is 0 Å². The second-order valence-corrected chi connectivity index (χ2v) is 6.34. The topological polar surface area (TPSA) is 58.9 Å². The molecule has 4 nitrogen and oxygen atoms in total. The molecule has 0 aliphatic rings. The molecule has 0 heterocycles. The molecule has 0 atom stereocenters. The first-order valence-corrected chi connectivity index (χ1v) is 6.77. The van der Waals surface area contributed by atoms with E-state index in [1.165, 1.54) is 5.56 Å². The van der Waals surface area contributed by atoms with Gasteiger partial charge in [0.2, 0.25) is 0 Å². The Bertz CT molecular complexity index is 482. The van der Waals surface area contributed by atoms with Gasteiger partial charge in [0.25, 0.3) is 10.0 Å². The highest BCUT2D eigenvalue weighted by Gasteiger charge is 2.12. The third kappa shape index (κ3) is 4.10. The van der Waals surface area contributed by atoms with Gasteiger partial charge in [0.1, 0.15) is 0 Å². The van der Waals surface area contributed by atoms with Crippen LogP contribution in [0.3, 0.4) is 0 Å². The number of rotatable bonds is 2. The molecule has 1 rings (SSSR count). The maximum absolute atomic E-state index is 10.8. The van der Waals surface area contributed by atoms with Crippen LogP contribution in [0.2, 0.25) is 0 Å². The fourth-order valence-electron chi connectivity index (χ4n) is 1.15. The van der Waals surface area contributed by atoms with E-state index in [0.29, 0.717) is 5.69 Å². The number of hydrogen-bond donors (Lipinski definition) is 0. The SMILES string of the molecule is CC(C)(C)c1ccc(N=NS(C)(=O)=O)cc1. The smallest absolute Gasteiger partial charge is 0.203 e. The van der Waals surface area contributed by atoms with Crippen LogP contribution in [-0.4, -0.2) is 14.7 Å². The first-order chi connectivity index (χ1) is 7.18. The summed E-state index contributed by atoms with van der Waals surface area (Å²) in [4.78, 5) is 0. The van der Waals surface area contributed by atoms with Crippen LogP contribution >= 0.6 is 0 Å². The predicted octanol–water partition coefficient (Wildman–Crippen LogP) is 3.03. The van der Waals surface area contributed by atoms with Crippen LogP contribution in [0.1, 0.15) is 26.3 Å². The average molecular weight is 240 g/mol. The molecule has 0 aromatic heterocycles. The van der Waals surface area contributed by atoms with Gasteiger partial charge in [0, 0.05) is 0 Å². The second-order valence-electron chi connectivity index (χ2n) is 4.71. The van der Waals surface area contributed by atoms with E-state index in [1.807, 2.05) is 12.1 Å². The van der Waals surface area contributed by atoms with Gasteiger partial charge in [-0.1, -0.05) is 37.4 Å². The molecule has 1 aromatic carbocycles. The third-order valence-corrected chi connectivity index (χ3v) is 2.42. The quantitative estimate of drug-likeness (QED) is 0.746. The maximum Gasteiger partial charge on any atom is 0.267 e. The molecular weight excluding hydrogens is 224 g/mol. The Morgan fingerprint density at radius 2 is 1.56 bits per heavy atom. The number of hydrogen-bond acceptors (Lipinski definition) is 3. The molecule has 0 bridgehead atoms. The van der Waals surface area contributed by atoms with Crippen LogP contribution in [-0.2, 0) is 15.4 Å². The molecule has 16 heavy (non-hydrogen) atoms. The maximum atomic E-state index is 10.8. The monoisotopic (exact) mass is 240 g/mol. The van der Waals surface area contributed by atoms with E-state index in [9.17, 15) is 8.42 Å². The zero-order chi connectivity index (χ0) is 12.4. The molecule has 0 saturated heterocycles. The summed E-state index contributed by atoms with van der Waals surface area (Å²) in [6.07, 6.45) is 1.01. The van der Waals surface area contributed by atoms with Gasteiger partial charge in [-0.3, -0.25) is 0 Å². The summed E-state index contributed by atoms with van der Waals surface area (Å²) in [5, 5.41) is 3.64. The summed E-state index contributed by atoms with van der Waals surface area (Å²) in [6.45, 7) is 6.33. The van der Waals surface area contributed by atoms with Crippen molar-refractivity contribution in [3.63, 3.8) is 0 Å². The van der Waals surface area contributed by atoms with Gasteiger partial charge in [0.15, 0.2) is 0 Å². The van der Waals surface area contributed by atoms with Crippen molar-refractivity contribution < 1.29 is 8.42 Å². The highest BCUT2D eigenvalue weighted by Crippen LogP contribution is 2.24. The standard InChI is InChI=1S/C11H16N2O2S/c1-11(2,3)9-5-7-10(8-6-9)12-13-16(4,14)15/h5-8H,1-4H3. The first kappa shape index (κ1) is 12.8. The Hall–Kier alpha value is -1.23.